The van der Waals surface area contributed by atoms with Crippen LogP contribution in [-0.4, -0.2) is 43.1 Å². The van der Waals surface area contributed by atoms with E-state index in [9.17, 15) is 13.2 Å². The van der Waals surface area contributed by atoms with Gasteiger partial charge in [-0.1, -0.05) is 31.2 Å². The average molecular weight is 447 g/mol. The number of fused-ring (bicyclic) bond motifs is 1. The first-order valence-corrected chi connectivity index (χ1v) is 12.4. The highest BCUT2D eigenvalue weighted by Crippen LogP contribution is 2.32. The van der Waals surface area contributed by atoms with Crippen molar-refractivity contribution in [3.63, 3.8) is 0 Å². The third-order valence-corrected chi connectivity index (χ3v) is 8.28. The molecule has 7 nitrogen and oxygen atoms in total. The summed E-state index contributed by atoms with van der Waals surface area (Å²) in [4.78, 5) is 14.8. The molecule has 0 spiro atoms. The summed E-state index contributed by atoms with van der Waals surface area (Å²) in [6, 6.07) is 9.86. The Kier molecular flexibility index (Phi) is 6.23. The normalized spacial score (nSPS) is 19.3. The third-order valence-electron chi connectivity index (χ3n) is 6.40. The largest absolute Gasteiger partial charge is 0.486 e. The number of nitrogens with zero attached hydrogens (tertiary/aromatic N) is 2. The van der Waals surface area contributed by atoms with Crippen molar-refractivity contribution in [3.05, 3.63) is 63.7 Å². The lowest BCUT2D eigenvalue weighted by atomic mass is 9.82. The van der Waals surface area contributed by atoms with E-state index in [-0.39, 0.29) is 22.3 Å². The molecule has 3 heterocycles. The van der Waals surface area contributed by atoms with Crippen LogP contribution in [0.2, 0.25) is 0 Å². The van der Waals surface area contributed by atoms with Crippen LogP contribution in [0.3, 0.4) is 0 Å². The van der Waals surface area contributed by atoms with Gasteiger partial charge in [0.05, 0.1) is 18.9 Å². The summed E-state index contributed by atoms with van der Waals surface area (Å²) in [7, 11) is -3.15. The molecule has 2 aromatic rings. The molecule has 0 saturated carbocycles. The average Bonchev–Trinajstić information content (AvgIpc) is 3.16. The molecule has 0 amide bonds. The standard InChI is InChI=1S/C23H30N2O5S/c1-3-31(27,28)25-10-8-23(2,9-11-25)17-30-22-16-29-20(12-21(22)26)15-24-13-18-6-4-5-7-19(18)14-24/h4-7,12,16H,3,8-11,13-15,17H2,1-2H3. The van der Waals surface area contributed by atoms with Gasteiger partial charge in [0.2, 0.25) is 21.2 Å². The Balaban J connectivity index is 1.32. The highest BCUT2D eigenvalue weighted by molar-refractivity contribution is 7.89. The van der Waals surface area contributed by atoms with Crippen molar-refractivity contribution in [2.45, 2.75) is 46.3 Å². The molecule has 1 aromatic heterocycles. The first-order chi connectivity index (χ1) is 14.8. The van der Waals surface area contributed by atoms with Gasteiger partial charge in [-0.05, 0) is 30.9 Å². The van der Waals surface area contributed by atoms with E-state index in [4.69, 9.17) is 9.15 Å². The van der Waals surface area contributed by atoms with Crippen molar-refractivity contribution in [2.24, 2.45) is 5.41 Å². The fraction of sp³-hybridized carbons (Fsp3) is 0.522. The van der Waals surface area contributed by atoms with E-state index in [0.717, 1.165) is 13.1 Å². The fourth-order valence-corrected chi connectivity index (χ4v) is 5.35. The molecule has 0 aliphatic carbocycles. The molecule has 2 aliphatic rings. The van der Waals surface area contributed by atoms with E-state index in [1.54, 1.807) is 11.2 Å². The zero-order valence-electron chi connectivity index (χ0n) is 18.2. The van der Waals surface area contributed by atoms with Crippen LogP contribution in [0.15, 0.2) is 45.8 Å². The van der Waals surface area contributed by atoms with Crippen LogP contribution in [0.4, 0.5) is 0 Å². The molecule has 2 aliphatic heterocycles. The Morgan fingerprint density at radius 3 is 2.35 bits per heavy atom. The number of rotatable bonds is 7. The molecular weight excluding hydrogens is 416 g/mol. The quantitative estimate of drug-likeness (QED) is 0.651. The zero-order valence-corrected chi connectivity index (χ0v) is 19.0. The highest BCUT2D eigenvalue weighted by Gasteiger charge is 2.35. The Morgan fingerprint density at radius 1 is 1.13 bits per heavy atom. The van der Waals surface area contributed by atoms with E-state index >= 15 is 0 Å². The SMILES string of the molecule is CCS(=O)(=O)N1CCC(C)(COc2coc(CN3Cc4ccccc4C3)cc2=O)CC1. The maximum atomic E-state index is 12.5. The van der Waals surface area contributed by atoms with Gasteiger partial charge in [0.15, 0.2) is 0 Å². The van der Waals surface area contributed by atoms with Gasteiger partial charge in [-0.15, -0.1) is 0 Å². The Labute approximate surface area is 183 Å². The molecule has 1 fully saturated rings. The summed E-state index contributed by atoms with van der Waals surface area (Å²) in [5.74, 6) is 0.949. The lowest BCUT2D eigenvalue weighted by molar-refractivity contribution is 0.0963. The van der Waals surface area contributed by atoms with Crippen molar-refractivity contribution >= 4 is 10.0 Å². The molecule has 0 unspecified atom stereocenters. The topological polar surface area (TPSA) is 80.1 Å². The first-order valence-electron chi connectivity index (χ1n) is 10.8. The lowest BCUT2D eigenvalue weighted by Gasteiger charge is -2.38. The summed E-state index contributed by atoms with van der Waals surface area (Å²) in [5.41, 5.74) is 2.27. The molecule has 0 N–H and O–H groups in total. The van der Waals surface area contributed by atoms with Gasteiger partial charge in [0.25, 0.3) is 0 Å². The van der Waals surface area contributed by atoms with Crippen LogP contribution >= 0.6 is 0 Å². The molecule has 8 heteroatoms. The fourth-order valence-electron chi connectivity index (χ4n) is 4.25. The summed E-state index contributed by atoms with van der Waals surface area (Å²) in [6.07, 6.45) is 2.80. The number of hydrogen-bond donors (Lipinski definition) is 0. The van der Waals surface area contributed by atoms with Gasteiger partial charge >= 0.3 is 0 Å². The summed E-state index contributed by atoms with van der Waals surface area (Å²) in [5, 5.41) is 0. The van der Waals surface area contributed by atoms with Gasteiger partial charge in [-0.3, -0.25) is 9.69 Å². The third kappa shape index (κ3) is 5.02. The smallest absolute Gasteiger partial charge is 0.227 e. The Hall–Kier alpha value is -2.16. The number of sulfonamides is 1. The predicted molar refractivity (Wildman–Crippen MR) is 118 cm³/mol. The molecule has 0 bridgehead atoms. The Morgan fingerprint density at radius 2 is 1.77 bits per heavy atom. The molecule has 31 heavy (non-hydrogen) atoms. The number of hydrogen-bond acceptors (Lipinski definition) is 6. The summed E-state index contributed by atoms with van der Waals surface area (Å²) in [6.45, 7) is 7.34. The molecule has 4 rings (SSSR count). The van der Waals surface area contributed by atoms with Crippen LogP contribution in [0.25, 0.3) is 0 Å². The minimum absolute atomic E-state index is 0.122. The second-order valence-corrected chi connectivity index (χ2v) is 11.1. The van der Waals surface area contributed by atoms with Crippen molar-refractivity contribution in [1.82, 2.24) is 9.21 Å². The van der Waals surface area contributed by atoms with Gasteiger partial charge in [-0.25, -0.2) is 12.7 Å². The summed E-state index contributed by atoms with van der Waals surface area (Å²) >= 11 is 0. The van der Waals surface area contributed by atoms with Gasteiger partial charge in [0.1, 0.15) is 12.0 Å². The summed E-state index contributed by atoms with van der Waals surface area (Å²) < 4.78 is 37.2. The van der Waals surface area contributed by atoms with E-state index in [0.29, 0.717) is 44.8 Å². The van der Waals surface area contributed by atoms with Crippen molar-refractivity contribution in [2.75, 3.05) is 25.4 Å². The number of benzene rings is 1. The van der Waals surface area contributed by atoms with Crippen molar-refractivity contribution in [1.29, 1.82) is 0 Å². The maximum Gasteiger partial charge on any atom is 0.227 e. The minimum atomic E-state index is -3.15. The minimum Gasteiger partial charge on any atom is -0.486 e. The lowest BCUT2D eigenvalue weighted by Crippen LogP contribution is -2.44. The molecule has 0 radical (unpaired) electrons. The van der Waals surface area contributed by atoms with Gasteiger partial charge < -0.3 is 9.15 Å². The Bertz CT molecular complexity index is 1060. The molecule has 1 aromatic carbocycles. The van der Waals surface area contributed by atoms with E-state index in [2.05, 4.69) is 24.0 Å². The van der Waals surface area contributed by atoms with Crippen LogP contribution in [-0.2, 0) is 29.7 Å². The van der Waals surface area contributed by atoms with E-state index in [1.165, 1.54) is 23.5 Å². The first kappa shape index (κ1) is 22.0. The second kappa shape index (κ2) is 8.76. The van der Waals surface area contributed by atoms with Crippen molar-refractivity contribution < 1.29 is 17.6 Å². The molecule has 168 valence electrons. The van der Waals surface area contributed by atoms with Crippen LogP contribution in [0.5, 0.6) is 5.75 Å². The van der Waals surface area contributed by atoms with Crippen LogP contribution in [0.1, 0.15) is 43.6 Å². The van der Waals surface area contributed by atoms with Crippen LogP contribution < -0.4 is 10.2 Å². The van der Waals surface area contributed by atoms with Gasteiger partial charge in [0, 0.05) is 37.7 Å². The second-order valence-electron chi connectivity index (χ2n) is 8.89. The van der Waals surface area contributed by atoms with E-state index in [1.807, 2.05) is 12.1 Å². The maximum absolute atomic E-state index is 12.5. The number of piperidine rings is 1. The molecular formula is C23H30N2O5S. The van der Waals surface area contributed by atoms with Crippen LogP contribution in [0, 0.1) is 5.41 Å². The predicted octanol–water partition coefficient (Wildman–Crippen LogP) is 2.99. The number of ether oxygens (including phenoxy) is 1. The highest BCUT2D eigenvalue weighted by atomic mass is 32.2. The van der Waals surface area contributed by atoms with Gasteiger partial charge in [-0.2, -0.15) is 0 Å². The van der Waals surface area contributed by atoms with Crippen molar-refractivity contribution in [3.8, 4) is 5.75 Å². The van der Waals surface area contributed by atoms with E-state index < -0.39 is 10.0 Å². The monoisotopic (exact) mass is 446 g/mol. The molecule has 1 saturated heterocycles. The zero-order chi connectivity index (χ0) is 22.1. The molecule has 0 atom stereocenters.